The molecule has 1 aromatic heterocycles. The summed E-state index contributed by atoms with van der Waals surface area (Å²) < 4.78 is 0. The zero-order chi connectivity index (χ0) is 10.4. The molecule has 4 heteroatoms. The van der Waals surface area contributed by atoms with Gasteiger partial charge in [-0.15, -0.1) is 0 Å². The van der Waals surface area contributed by atoms with E-state index in [4.69, 9.17) is 5.73 Å². The maximum atomic E-state index is 10.6. The molecule has 72 valence electrons. The standard InChI is InChI=1S/C10H10N2OS/c1-8(13)14-6-2-3-10-7-9(11)4-5-12-10/h4-5,7H,6H2,1H3,(H2,11,12). The third-order valence-electron chi connectivity index (χ3n) is 1.35. The molecule has 0 bridgehead atoms. The molecule has 1 heterocycles. The van der Waals surface area contributed by atoms with E-state index in [2.05, 4.69) is 16.8 Å². The van der Waals surface area contributed by atoms with E-state index >= 15 is 0 Å². The number of anilines is 1. The van der Waals surface area contributed by atoms with Crippen molar-refractivity contribution < 1.29 is 4.79 Å². The largest absolute Gasteiger partial charge is 0.399 e. The Balaban J connectivity index is 2.55. The van der Waals surface area contributed by atoms with Gasteiger partial charge in [0, 0.05) is 18.8 Å². The Hall–Kier alpha value is -1.47. The molecule has 0 aliphatic rings. The highest BCUT2D eigenvalue weighted by molar-refractivity contribution is 8.13. The third-order valence-corrected chi connectivity index (χ3v) is 2.04. The lowest BCUT2D eigenvalue weighted by molar-refractivity contribution is -0.109. The van der Waals surface area contributed by atoms with Crippen LogP contribution in [0, 0.1) is 11.8 Å². The van der Waals surface area contributed by atoms with Crippen LogP contribution in [-0.2, 0) is 4.79 Å². The second-order valence-corrected chi connectivity index (χ2v) is 3.71. The summed E-state index contributed by atoms with van der Waals surface area (Å²) in [5.41, 5.74) is 6.82. The van der Waals surface area contributed by atoms with Crippen molar-refractivity contribution in [3.8, 4) is 11.8 Å². The van der Waals surface area contributed by atoms with Crippen LogP contribution in [0.5, 0.6) is 0 Å². The van der Waals surface area contributed by atoms with Crippen LogP contribution in [0.4, 0.5) is 5.69 Å². The Labute approximate surface area is 87.1 Å². The molecular weight excluding hydrogens is 196 g/mol. The van der Waals surface area contributed by atoms with E-state index in [1.165, 1.54) is 18.7 Å². The fourth-order valence-corrected chi connectivity index (χ4v) is 1.13. The van der Waals surface area contributed by atoms with Crippen molar-refractivity contribution in [3.05, 3.63) is 24.0 Å². The Morgan fingerprint density at radius 3 is 3.14 bits per heavy atom. The van der Waals surface area contributed by atoms with Crippen LogP contribution in [0.2, 0.25) is 0 Å². The first-order valence-electron chi connectivity index (χ1n) is 4.02. The first-order chi connectivity index (χ1) is 6.68. The Morgan fingerprint density at radius 1 is 1.71 bits per heavy atom. The van der Waals surface area contributed by atoms with E-state index in [-0.39, 0.29) is 5.12 Å². The second kappa shape index (κ2) is 5.30. The number of carbonyl (C=O) groups excluding carboxylic acids is 1. The average Bonchev–Trinajstić information content (AvgIpc) is 2.12. The van der Waals surface area contributed by atoms with E-state index < -0.39 is 0 Å². The predicted octanol–water partition coefficient (Wildman–Crippen LogP) is 1.29. The lowest BCUT2D eigenvalue weighted by Crippen LogP contribution is -1.88. The van der Waals surface area contributed by atoms with Gasteiger partial charge in [0.1, 0.15) is 5.69 Å². The highest BCUT2D eigenvalue weighted by Crippen LogP contribution is 2.02. The number of aromatic nitrogens is 1. The van der Waals surface area contributed by atoms with Gasteiger partial charge in [-0.05, 0) is 18.1 Å². The minimum atomic E-state index is 0.0693. The highest BCUT2D eigenvalue weighted by Gasteiger charge is 1.90. The Kier molecular flexibility index (Phi) is 4.02. The van der Waals surface area contributed by atoms with Crippen molar-refractivity contribution in [1.82, 2.24) is 4.98 Å². The van der Waals surface area contributed by atoms with Gasteiger partial charge in [-0.1, -0.05) is 17.7 Å². The first-order valence-corrected chi connectivity index (χ1v) is 5.01. The molecule has 3 nitrogen and oxygen atoms in total. The van der Waals surface area contributed by atoms with Gasteiger partial charge in [-0.25, -0.2) is 4.98 Å². The van der Waals surface area contributed by atoms with Crippen LogP contribution in [0.25, 0.3) is 0 Å². The number of hydrogen-bond acceptors (Lipinski definition) is 4. The normalized spacial score (nSPS) is 8.93. The number of nitrogens with two attached hydrogens (primary N) is 1. The van der Waals surface area contributed by atoms with Crippen LogP contribution in [-0.4, -0.2) is 15.9 Å². The Morgan fingerprint density at radius 2 is 2.50 bits per heavy atom. The predicted molar refractivity (Wildman–Crippen MR) is 58.7 cm³/mol. The lowest BCUT2D eigenvalue weighted by Gasteiger charge is -1.91. The van der Waals surface area contributed by atoms with Crippen molar-refractivity contribution in [2.24, 2.45) is 0 Å². The maximum absolute atomic E-state index is 10.6. The van der Waals surface area contributed by atoms with E-state index in [0.29, 0.717) is 17.1 Å². The molecule has 0 radical (unpaired) electrons. The van der Waals surface area contributed by atoms with E-state index in [0.717, 1.165) is 0 Å². The molecule has 0 amide bonds. The number of pyridine rings is 1. The maximum Gasteiger partial charge on any atom is 0.186 e. The summed E-state index contributed by atoms with van der Waals surface area (Å²) >= 11 is 1.18. The van der Waals surface area contributed by atoms with Gasteiger partial charge in [0.15, 0.2) is 5.12 Å². The molecule has 2 N–H and O–H groups in total. The van der Waals surface area contributed by atoms with E-state index in [9.17, 15) is 4.79 Å². The highest BCUT2D eigenvalue weighted by atomic mass is 32.2. The fraction of sp³-hybridized carbons (Fsp3) is 0.200. The number of rotatable bonds is 1. The lowest BCUT2D eigenvalue weighted by atomic mass is 10.3. The van der Waals surface area contributed by atoms with Crippen molar-refractivity contribution >= 4 is 22.6 Å². The second-order valence-electron chi connectivity index (χ2n) is 2.56. The number of nitrogens with zero attached hydrogens (tertiary/aromatic N) is 1. The SMILES string of the molecule is CC(=O)SCC#Cc1cc(N)ccn1. The molecule has 0 aliphatic heterocycles. The Bertz CT molecular complexity index is 393. The molecule has 0 fully saturated rings. The number of hydrogen-bond donors (Lipinski definition) is 1. The molecule has 0 spiro atoms. The van der Waals surface area contributed by atoms with E-state index in [1.807, 2.05) is 0 Å². The van der Waals surface area contributed by atoms with Crippen LogP contribution in [0.1, 0.15) is 12.6 Å². The molecule has 0 aromatic carbocycles. The van der Waals surface area contributed by atoms with Crippen molar-refractivity contribution in [3.63, 3.8) is 0 Å². The zero-order valence-corrected chi connectivity index (χ0v) is 8.60. The summed E-state index contributed by atoms with van der Waals surface area (Å²) in [4.78, 5) is 14.6. The molecule has 0 saturated heterocycles. The van der Waals surface area contributed by atoms with Crippen LogP contribution in [0.15, 0.2) is 18.3 Å². The molecule has 14 heavy (non-hydrogen) atoms. The van der Waals surface area contributed by atoms with Crippen LogP contribution >= 0.6 is 11.8 Å². The summed E-state index contributed by atoms with van der Waals surface area (Å²) in [7, 11) is 0. The zero-order valence-electron chi connectivity index (χ0n) is 7.78. The molecule has 0 saturated carbocycles. The summed E-state index contributed by atoms with van der Waals surface area (Å²) in [5, 5.41) is 0.0693. The summed E-state index contributed by atoms with van der Waals surface area (Å²) in [5.74, 6) is 6.15. The molecular formula is C10H10N2OS. The van der Waals surface area contributed by atoms with Gasteiger partial charge < -0.3 is 5.73 Å². The monoisotopic (exact) mass is 206 g/mol. The quantitative estimate of drug-likeness (QED) is 0.703. The van der Waals surface area contributed by atoms with E-state index in [1.54, 1.807) is 18.3 Å². The number of carbonyl (C=O) groups is 1. The summed E-state index contributed by atoms with van der Waals surface area (Å²) in [6.07, 6.45) is 1.61. The van der Waals surface area contributed by atoms with Crippen molar-refractivity contribution in [1.29, 1.82) is 0 Å². The average molecular weight is 206 g/mol. The fourth-order valence-electron chi connectivity index (χ4n) is 0.780. The van der Waals surface area contributed by atoms with Gasteiger partial charge in [0.2, 0.25) is 0 Å². The summed E-state index contributed by atoms with van der Waals surface area (Å²) in [6.45, 7) is 1.52. The van der Waals surface area contributed by atoms with Gasteiger partial charge >= 0.3 is 0 Å². The molecule has 0 unspecified atom stereocenters. The third kappa shape index (κ3) is 3.97. The minimum absolute atomic E-state index is 0.0693. The number of thioether (sulfide) groups is 1. The molecule has 1 rings (SSSR count). The molecule has 1 aromatic rings. The number of nitrogen functional groups attached to an aromatic ring is 1. The van der Waals surface area contributed by atoms with Crippen molar-refractivity contribution in [2.45, 2.75) is 6.92 Å². The van der Waals surface area contributed by atoms with Crippen LogP contribution in [0.3, 0.4) is 0 Å². The summed E-state index contributed by atoms with van der Waals surface area (Å²) in [6, 6.07) is 3.40. The molecule has 0 atom stereocenters. The van der Waals surface area contributed by atoms with Gasteiger partial charge in [0.25, 0.3) is 0 Å². The molecule has 0 aliphatic carbocycles. The smallest absolute Gasteiger partial charge is 0.186 e. The van der Waals surface area contributed by atoms with Gasteiger partial charge in [-0.3, -0.25) is 4.79 Å². The van der Waals surface area contributed by atoms with Crippen LogP contribution < -0.4 is 5.73 Å². The van der Waals surface area contributed by atoms with Gasteiger partial charge in [-0.2, -0.15) is 0 Å². The minimum Gasteiger partial charge on any atom is -0.399 e. The van der Waals surface area contributed by atoms with Gasteiger partial charge in [0.05, 0.1) is 5.75 Å². The first kappa shape index (κ1) is 10.6. The van der Waals surface area contributed by atoms with Crippen molar-refractivity contribution in [2.75, 3.05) is 11.5 Å². The topological polar surface area (TPSA) is 56.0 Å².